The molecule has 0 saturated carbocycles. The SMILES string of the molecule is O=C(O)C1(CCc2cccs2)Cc2ccccc2C1. The minimum atomic E-state index is -0.653. The number of thiophene rings is 1. The quantitative estimate of drug-likeness (QED) is 0.924. The molecule has 2 aromatic rings. The number of rotatable bonds is 4. The number of hydrogen-bond acceptors (Lipinski definition) is 2. The predicted molar refractivity (Wildman–Crippen MR) is 76.6 cm³/mol. The lowest BCUT2D eigenvalue weighted by Gasteiger charge is -2.23. The molecule has 0 fully saturated rings. The molecular formula is C16H16O2S. The number of hydrogen-bond donors (Lipinski definition) is 1. The number of aryl methyl sites for hydroxylation is 1. The summed E-state index contributed by atoms with van der Waals surface area (Å²) in [5.41, 5.74) is 1.81. The van der Waals surface area contributed by atoms with E-state index in [-0.39, 0.29) is 0 Å². The van der Waals surface area contributed by atoms with Crippen molar-refractivity contribution in [3.05, 3.63) is 57.8 Å². The fraction of sp³-hybridized carbons (Fsp3) is 0.312. The highest BCUT2D eigenvalue weighted by atomic mass is 32.1. The van der Waals surface area contributed by atoms with Crippen molar-refractivity contribution in [2.24, 2.45) is 5.41 Å². The standard InChI is InChI=1S/C16H16O2S/c17-15(18)16(8-7-14-6-3-9-19-14)10-12-4-1-2-5-13(12)11-16/h1-6,9H,7-8,10-11H2,(H,17,18). The molecule has 0 atom stereocenters. The zero-order valence-corrected chi connectivity index (χ0v) is 11.5. The second-order valence-corrected chi connectivity index (χ2v) is 6.32. The summed E-state index contributed by atoms with van der Waals surface area (Å²) < 4.78 is 0. The van der Waals surface area contributed by atoms with Crippen molar-refractivity contribution in [2.75, 3.05) is 0 Å². The highest BCUT2D eigenvalue weighted by molar-refractivity contribution is 7.09. The molecule has 0 amide bonds. The van der Waals surface area contributed by atoms with Crippen molar-refractivity contribution < 1.29 is 9.90 Å². The fourth-order valence-corrected chi connectivity index (χ4v) is 3.66. The third-order valence-corrected chi connectivity index (χ3v) is 5.00. The number of aliphatic carboxylic acids is 1. The summed E-state index contributed by atoms with van der Waals surface area (Å²) in [6, 6.07) is 12.2. The van der Waals surface area contributed by atoms with Gasteiger partial charge in [-0.15, -0.1) is 11.3 Å². The maximum absolute atomic E-state index is 11.8. The van der Waals surface area contributed by atoms with E-state index in [0.717, 1.165) is 12.8 Å². The zero-order chi connectivity index (χ0) is 13.3. The van der Waals surface area contributed by atoms with Crippen LogP contribution < -0.4 is 0 Å². The molecule has 0 radical (unpaired) electrons. The highest BCUT2D eigenvalue weighted by Gasteiger charge is 2.43. The summed E-state index contributed by atoms with van der Waals surface area (Å²) >= 11 is 1.71. The first-order chi connectivity index (χ1) is 9.20. The van der Waals surface area contributed by atoms with Crippen LogP contribution >= 0.6 is 11.3 Å². The Morgan fingerprint density at radius 1 is 1.16 bits per heavy atom. The summed E-state index contributed by atoms with van der Waals surface area (Å²) in [5.74, 6) is -0.653. The van der Waals surface area contributed by atoms with E-state index in [9.17, 15) is 9.90 Å². The van der Waals surface area contributed by atoms with E-state index >= 15 is 0 Å². The Labute approximate surface area is 116 Å². The van der Waals surface area contributed by atoms with Crippen molar-refractivity contribution >= 4 is 17.3 Å². The molecule has 3 rings (SSSR count). The van der Waals surface area contributed by atoms with Crippen molar-refractivity contribution in [3.63, 3.8) is 0 Å². The van der Waals surface area contributed by atoms with Crippen molar-refractivity contribution in [1.82, 2.24) is 0 Å². The molecule has 3 heteroatoms. The van der Waals surface area contributed by atoms with E-state index in [0.29, 0.717) is 12.8 Å². The van der Waals surface area contributed by atoms with Crippen LogP contribution in [0.5, 0.6) is 0 Å². The van der Waals surface area contributed by atoms with Gasteiger partial charge in [0.1, 0.15) is 0 Å². The van der Waals surface area contributed by atoms with Gasteiger partial charge in [-0.3, -0.25) is 4.79 Å². The lowest BCUT2D eigenvalue weighted by Crippen LogP contribution is -2.32. The minimum absolute atomic E-state index is 0.603. The highest BCUT2D eigenvalue weighted by Crippen LogP contribution is 2.41. The van der Waals surface area contributed by atoms with Crippen LogP contribution in [0, 0.1) is 5.41 Å². The van der Waals surface area contributed by atoms with Crippen molar-refractivity contribution in [2.45, 2.75) is 25.7 Å². The second kappa shape index (κ2) is 4.82. The van der Waals surface area contributed by atoms with Gasteiger partial charge in [-0.05, 0) is 48.3 Å². The van der Waals surface area contributed by atoms with E-state index in [1.807, 2.05) is 23.6 Å². The maximum atomic E-state index is 11.8. The van der Waals surface area contributed by atoms with E-state index in [1.54, 1.807) is 11.3 Å². The van der Waals surface area contributed by atoms with Crippen LogP contribution in [0.2, 0.25) is 0 Å². The molecule has 0 aliphatic heterocycles. The summed E-state index contributed by atoms with van der Waals surface area (Å²) in [7, 11) is 0. The summed E-state index contributed by atoms with van der Waals surface area (Å²) in [6.07, 6.45) is 2.92. The summed E-state index contributed by atoms with van der Waals surface area (Å²) in [4.78, 5) is 13.0. The fourth-order valence-electron chi connectivity index (χ4n) is 2.95. The summed E-state index contributed by atoms with van der Waals surface area (Å²) in [6.45, 7) is 0. The molecule has 1 aromatic heterocycles. The van der Waals surface area contributed by atoms with E-state index in [1.165, 1.54) is 16.0 Å². The average Bonchev–Trinajstić information content (AvgIpc) is 3.04. The van der Waals surface area contributed by atoms with Crippen LogP contribution in [0.25, 0.3) is 0 Å². The van der Waals surface area contributed by atoms with Gasteiger partial charge in [-0.25, -0.2) is 0 Å². The van der Waals surface area contributed by atoms with Gasteiger partial charge < -0.3 is 5.11 Å². The van der Waals surface area contributed by atoms with Gasteiger partial charge in [0.25, 0.3) is 0 Å². The van der Waals surface area contributed by atoms with Gasteiger partial charge in [-0.2, -0.15) is 0 Å². The lowest BCUT2D eigenvalue weighted by molar-refractivity contribution is -0.148. The number of carboxylic acids is 1. The Morgan fingerprint density at radius 3 is 2.37 bits per heavy atom. The number of carbonyl (C=O) groups is 1. The molecule has 1 aliphatic rings. The molecule has 1 heterocycles. The molecule has 19 heavy (non-hydrogen) atoms. The van der Waals surface area contributed by atoms with Gasteiger partial charge in [0.15, 0.2) is 0 Å². The maximum Gasteiger partial charge on any atom is 0.310 e. The van der Waals surface area contributed by atoms with Gasteiger partial charge in [-0.1, -0.05) is 30.3 Å². The van der Waals surface area contributed by atoms with E-state index in [2.05, 4.69) is 18.2 Å². The molecule has 98 valence electrons. The Kier molecular flexibility index (Phi) is 3.15. The van der Waals surface area contributed by atoms with Gasteiger partial charge in [0.05, 0.1) is 5.41 Å². The monoisotopic (exact) mass is 272 g/mol. The molecule has 0 unspecified atom stereocenters. The van der Waals surface area contributed by atoms with Gasteiger partial charge >= 0.3 is 5.97 Å². The van der Waals surface area contributed by atoms with Crippen LogP contribution in [0.1, 0.15) is 22.4 Å². The van der Waals surface area contributed by atoms with E-state index in [4.69, 9.17) is 0 Å². The molecule has 2 nitrogen and oxygen atoms in total. The molecule has 0 spiro atoms. The number of carboxylic acid groups (broad SMARTS) is 1. The molecule has 1 N–H and O–H groups in total. The Hall–Kier alpha value is -1.61. The lowest BCUT2D eigenvalue weighted by atomic mass is 9.80. The largest absolute Gasteiger partial charge is 0.481 e. The first kappa shape index (κ1) is 12.4. The third-order valence-electron chi connectivity index (χ3n) is 4.06. The Bertz CT molecular complexity index is 562. The Morgan fingerprint density at radius 2 is 1.84 bits per heavy atom. The minimum Gasteiger partial charge on any atom is -0.481 e. The van der Waals surface area contributed by atoms with Crippen molar-refractivity contribution in [3.8, 4) is 0 Å². The normalized spacial score (nSPS) is 16.2. The van der Waals surface area contributed by atoms with Crippen molar-refractivity contribution in [1.29, 1.82) is 0 Å². The van der Waals surface area contributed by atoms with Gasteiger partial charge in [0.2, 0.25) is 0 Å². The van der Waals surface area contributed by atoms with E-state index < -0.39 is 11.4 Å². The molecule has 0 saturated heterocycles. The Balaban J connectivity index is 1.81. The first-order valence-corrected chi connectivity index (χ1v) is 7.40. The topological polar surface area (TPSA) is 37.3 Å². The van der Waals surface area contributed by atoms with Crippen LogP contribution in [-0.2, 0) is 24.1 Å². The number of fused-ring (bicyclic) bond motifs is 1. The van der Waals surface area contributed by atoms with Crippen LogP contribution in [0.15, 0.2) is 41.8 Å². The summed E-state index contributed by atoms with van der Waals surface area (Å²) in [5, 5.41) is 11.7. The second-order valence-electron chi connectivity index (χ2n) is 5.29. The third kappa shape index (κ3) is 2.30. The smallest absolute Gasteiger partial charge is 0.310 e. The molecule has 1 aromatic carbocycles. The van der Waals surface area contributed by atoms with Crippen LogP contribution in [0.4, 0.5) is 0 Å². The zero-order valence-electron chi connectivity index (χ0n) is 10.6. The molecule has 0 bridgehead atoms. The van der Waals surface area contributed by atoms with Crippen LogP contribution in [-0.4, -0.2) is 11.1 Å². The molecule has 1 aliphatic carbocycles. The first-order valence-electron chi connectivity index (χ1n) is 6.52. The predicted octanol–water partition coefficient (Wildman–Crippen LogP) is 3.55. The number of benzene rings is 1. The van der Waals surface area contributed by atoms with Gasteiger partial charge in [0, 0.05) is 4.88 Å². The average molecular weight is 272 g/mol. The van der Waals surface area contributed by atoms with Crippen LogP contribution in [0.3, 0.4) is 0 Å². The molecular weight excluding hydrogens is 256 g/mol.